The molecule has 1 aromatic carbocycles. The number of nitrogens with zero attached hydrogens (tertiary/aromatic N) is 2. The standard InChI is InChI=1S/C21H26N2O3/c1-6-12-22(19(26)17-20(2,3)21(17,4)5)15-13-16(24)23(18(15)25)14-10-8-7-9-11-14/h6-11,15,17H,1,12-13H2,2-5H3. The topological polar surface area (TPSA) is 57.7 Å². The highest BCUT2D eigenvalue weighted by Gasteiger charge is 2.69. The SMILES string of the molecule is C=CCN(C(=O)C1C(C)(C)C1(C)C)C1CC(=O)N(c2ccccc2)C1=O. The number of para-hydroxylation sites is 1. The number of carbonyl (C=O) groups is 3. The van der Waals surface area contributed by atoms with Gasteiger partial charge in [-0.3, -0.25) is 14.4 Å². The second-order valence-corrected chi connectivity index (χ2v) is 8.28. The normalized spacial score (nSPS) is 23.8. The van der Waals surface area contributed by atoms with Gasteiger partial charge in [0.1, 0.15) is 6.04 Å². The molecule has 0 spiro atoms. The largest absolute Gasteiger partial charge is 0.326 e. The fourth-order valence-electron chi connectivity index (χ4n) is 4.20. The molecule has 1 heterocycles. The average molecular weight is 354 g/mol. The third kappa shape index (κ3) is 2.57. The van der Waals surface area contributed by atoms with Crippen LogP contribution in [0.5, 0.6) is 0 Å². The second kappa shape index (κ2) is 6.08. The van der Waals surface area contributed by atoms with Crippen LogP contribution in [0.4, 0.5) is 5.69 Å². The predicted molar refractivity (Wildman–Crippen MR) is 100 cm³/mol. The Bertz CT molecular complexity index is 753. The first-order valence-electron chi connectivity index (χ1n) is 8.97. The predicted octanol–water partition coefficient (Wildman–Crippen LogP) is 3.02. The highest BCUT2D eigenvalue weighted by molar-refractivity contribution is 6.23. The van der Waals surface area contributed by atoms with Gasteiger partial charge in [-0.1, -0.05) is 52.0 Å². The molecular weight excluding hydrogens is 328 g/mol. The maximum absolute atomic E-state index is 13.2. The first-order chi connectivity index (χ1) is 12.1. The van der Waals surface area contributed by atoms with Crippen molar-refractivity contribution in [1.82, 2.24) is 4.90 Å². The van der Waals surface area contributed by atoms with Crippen molar-refractivity contribution in [1.29, 1.82) is 0 Å². The van der Waals surface area contributed by atoms with Crippen LogP contribution in [0, 0.1) is 16.7 Å². The molecule has 1 atom stereocenters. The molecule has 2 aliphatic rings. The lowest BCUT2D eigenvalue weighted by Crippen LogP contribution is -2.47. The Hall–Kier alpha value is -2.43. The van der Waals surface area contributed by atoms with E-state index in [1.165, 1.54) is 9.80 Å². The first-order valence-corrected chi connectivity index (χ1v) is 8.97. The zero-order chi connectivity index (χ0) is 19.3. The van der Waals surface area contributed by atoms with Crippen LogP contribution in [-0.4, -0.2) is 35.2 Å². The number of hydrogen-bond donors (Lipinski definition) is 0. The molecule has 5 heteroatoms. The summed E-state index contributed by atoms with van der Waals surface area (Å²) in [4.78, 5) is 41.4. The molecule has 1 aromatic rings. The summed E-state index contributed by atoms with van der Waals surface area (Å²) in [6.07, 6.45) is 1.63. The molecule has 3 amide bonds. The minimum Gasteiger partial charge on any atom is -0.326 e. The molecule has 1 aliphatic carbocycles. The highest BCUT2D eigenvalue weighted by Crippen LogP contribution is 2.68. The molecule has 1 unspecified atom stereocenters. The van der Waals surface area contributed by atoms with E-state index < -0.39 is 6.04 Å². The van der Waals surface area contributed by atoms with Crippen molar-refractivity contribution in [2.75, 3.05) is 11.4 Å². The molecule has 0 radical (unpaired) electrons. The molecule has 1 aliphatic heterocycles. The van der Waals surface area contributed by atoms with Crippen LogP contribution < -0.4 is 4.90 Å². The Morgan fingerprint density at radius 1 is 1.19 bits per heavy atom. The van der Waals surface area contributed by atoms with Gasteiger partial charge in [0.2, 0.25) is 11.8 Å². The van der Waals surface area contributed by atoms with Crippen molar-refractivity contribution < 1.29 is 14.4 Å². The van der Waals surface area contributed by atoms with E-state index in [0.29, 0.717) is 5.69 Å². The fraction of sp³-hybridized carbons (Fsp3) is 0.476. The minimum atomic E-state index is -0.764. The lowest BCUT2D eigenvalue weighted by atomic mass is 10.0. The van der Waals surface area contributed by atoms with Gasteiger partial charge in [0, 0.05) is 12.5 Å². The summed E-state index contributed by atoms with van der Waals surface area (Å²) >= 11 is 0. The van der Waals surface area contributed by atoms with E-state index in [-0.39, 0.29) is 47.4 Å². The molecule has 0 N–H and O–H groups in total. The second-order valence-electron chi connectivity index (χ2n) is 8.28. The molecule has 3 rings (SSSR count). The zero-order valence-electron chi connectivity index (χ0n) is 15.9. The minimum absolute atomic E-state index is 0.0148. The summed E-state index contributed by atoms with van der Waals surface area (Å²) < 4.78 is 0. The summed E-state index contributed by atoms with van der Waals surface area (Å²) in [5, 5.41) is 0. The van der Waals surface area contributed by atoms with E-state index in [0.717, 1.165) is 0 Å². The quantitative estimate of drug-likeness (QED) is 0.603. The van der Waals surface area contributed by atoms with Gasteiger partial charge in [-0.25, -0.2) is 4.90 Å². The van der Waals surface area contributed by atoms with Gasteiger partial charge in [0.05, 0.1) is 12.1 Å². The average Bonchev–Trinajstić information content (AvgIpc) is 2.82. The number of rotatable bonds is 5. The monoisotopic (exact) mass is 354 g/mol. The summed E-state index contributed by atoms with van der Waals surface area (Å²) in [6, 6.07) is 8.09. The Balaban J connectivity index is 1.88. The Kier molecular flexibility index (Phi) is 4.29. The summed E-state index contributed by atoms with van der Waals surface area (Å²) in [5.41, 5.74) is 0.283. The molecule has 138 valence electrons. The van der Waals surface area contributed by atoms with Crippen LogP contribution >= 0.6 is 0 Å². The number of amides is 3. The number of imide groups is 1. The molecule has 1 saturated heterocycles. The molecular formula is C21H26N2O3. The van der Waals surface area contributed by atoms with E-state index in [1.807, 2.05) is 6.07 Å². The lowest BCUT2D eigenvalue weighted by Gasteiger charge is -2.27. The summed E-state index contributed by atoms with van der Waals surface area (Å²) in [7, 11) is 0. The highest BCUT2D eigenvalue weighted by atomic mass is 16.2. The van der Waals surface area contributed by atoms with E-state index in [1.54, 1.807) is 30.3 Å². The Morgan fingerprint density at radius 2 is 1.77 bits per heavy atom. The van der Waals surface area contributed by atoms with Crippen LogP contribution in [0.25, 0.3) is 0 Å². The van der Waals surface area contributed by atoms with E-state index >= 15 is 0 Å². The number of anilines is 1. The van der Waals surface area contributed by atoms with E-state index in [4.69, 9.17) is 0 Å². The van der Waals surface area contributed by atoms with Gasteiger partial charge in [-0.2, -0.15) is 0 Å². The van der Waals surface area contributed by atoms with Crippen LogP contribution in [0.1, 0.15) is 34.1 Å². The first kappa shape index (κ1) is 18.4. The molecule has 5 nitrogen and oxygen atoms in total. The summed E-state index contributed by atoms with van der Waals surface area (Å²) in [5.74, 6) is -0.848. The number of hydrogen-bond acceptors (Lipinski definition) is 3. The molecule has 2 fully saturated rings. The third-order valence-electron chi connectivity index (χ3n) is 6.39. The molecule has 0 aromatic heterocycles. The number of carbonyl (C=O) groups excluding carboxylic acids is 3. The fourth-order valence-corrected chi connectivity index (χ4v) is 4.20. The lowest BCUT2D eigenvalue weighted by molar-refractivity contribution is -0.139. The van der Waals surface area contributed by atoms with Gasteiger partial charge in [0.25, 0.3) is 5.91 Å². The van der Waals surface area contributed by atoms with Crippen molar-refractivity contribution in [3.8, 4) is 0 Å². The Labute approximate surface area is 154 Å². The van der Waals surface area contributed by atoms with Crippen molar-refractivity contribution in [3.05, 3.63) is 43.0 Å². The van der Waals surface area contributed by atoms with Crippen LogP contribution in [-0.2, 0) is 14.4 Å². The van der Waals surface area contributed by atoms with Crippen LogP contribution in [0.15, 0.2) is 43.0 Å². The van der Waals surface area contributed by atoms with Gasteiger partial charge in [-0.05, 0) is 23.0 Å². The van der Waals surface area contributed by atoms with Crippen LogP contribution in [0.2, 0.25) is 0 Å². The van der Waals surface area contributed by atoms with Crippen LogP contribution in [0.3, 0.4) is 0 Å². The summed E-state index contributed by atoms with van der Waals surface area (Å²) in [6.45, 7) is 12.3. The molecule has 1 saturated carbocycles. The zero-order valence-corrected chi connectivity index (χ0v) is 15.9. The molecule has 0 bridgehead atoms. The van der Waals surface area contributed by atoms with Gasteiger partial charge >= 0.3 is 0 Å². The van der Waals surface area contributed by atoms with Gasteiger partial charge in [-0.15, -0.1) is 6.58 Å². The maximum atomic E-state index is 13.2. The smallest absolute Gasteiger partial charge is 0.257 e. The maximum Gasteiger partial charge on any atom is 0.257 e. The third-order valence-corrected chi connectivity index (χ3v) is 6.39. The van der Waals surface area contributed by atoms with E-state index in [9.17, 15) is 14.4 Å². The van der Waals surface area contributed by atoms with Gasteiger partial charge in [0.15, 0.2) is 0 Å². The van der Waals surface area contributed by atoms with Gasteiger partial charge < -0.3 is 4.90 Å². The number of benzene rings is 1. The van der Waals surface area contributed by atoms with E-state index in [2.05, 4.69) is 34.3 Å². The van der Waals surface area contributed by atoms with Crippen molar-refractivity contribution >= 4 is 23.4 Å². The van der Waals surface area contributed by atoms with Crippen molar-refractivity contribution in [2.24, 2.45) is 16.7 Å². The van der Waals surface area contributed by atoms with Crippen molar-refractivity contribution in [2.45, 2.75) is 40.2 Å². The van der Waals surface area contributed by atoms with Crippen molar-refractivity contribution in [3.63, 3.8) is 0 Å². The Morgan fingerprint density at radius 3 is 2.27 bits per heavy atom. The molecule has 26 heavy (non-hydrogen) atoms.